The number of hydrogen-bond acceptors (Lipinski definition) is 4. The zero-order valence-corrected chi connectivity index (χ0v) is 9.96. The van der Waals surface area contributed by atoms with Gasteiger partial charge in [-0.2, -0.15) is 0 Å². The van der Waals surface area contributed by atoms with Crippen LogP contribution in [0.3, 0.4) is 0 Å². The average Bonchev–Trinajstić information content (AvgIpc) is 2.09. The Bertz CT molecular complexity index is 215. The van der Waals surface area contributed by atoms with Gasteiger partial charge in [0.2, 0.25) is 0 Å². The molecule has 0 aromatic rings. The van der Waals surface area contributed by atoms with Crippen LogP contribution in [0.25, 0.3) is 0 Å². The molecule has 0 aliphatic carbocycles. The Labute approximate surface area is 90.9 Å². The summed E-state index contributed by atoms with van der Waals surface area (Å²) in [5.74, 6) is -0.531. The number of ether oxygens (including phenoxy) is 2. The Kier molecular flexibility index (Phi) is 5.97. The van der Waals surface area contributed by atoms with Crippen LogP contribution in [0.4, 0.5) is 0 Å². The molecule has 0 rings (SSSR count). The minimum Gasteiger partial charge on any atom is -0.462 e. The van der Waals surface area contributed by atoms with E-state index in [0.717, 1.165) is 0 Å². The quantitative estimate of drug-likeness (QED) is 0.520. The first-order valence-electron chi connectivity index (χ1n) is 5.16. The summed E-state index contributed by atoms with van der Waals surface area (Å²) in [7, 11) is 0. The zero-order chi connectivity index (χ0) is 11.9. The van der Waals surface area contributed by atoms with Crippen LogP contribution in [0.15, 0.2) is 0 Å². The lowest BCUT2D eigenvalue weighted by Gasteiger charge is -2.16. The minimum atomic E-state index is -0.276. The molecule has 0 amide bonds. The molecule has 0 saturated carbocycles. The summed E-state index contributed by atoms with van der Waals surface area (Å²) in [5.41, 5.74) is -0.0722. The van der Waals surface area contributed by atoms with Crippen molar-refractivity contribution >= 4 is 11.9 Å². The third-order valence-electron chi connectivity index (χ3n) is 1.57. The molecule has 4 heteroatoms. The molecule has 0 saturated heterocycles. The van der Waals surface area contributed by atoms with Crippen LogP contribution in [0, 0.1) is 5.41 Å². The molecule has 0 spiro atoms. The van der Waals surface area contributed by atoms with Crippen molar-refractivity contribution in [2.45, 2.75) is 40.5 Å². The van der Waals surface area contributed by atoms with Crippen molar-refractivity contribution in [2.75, 3.05) is 13.2 Å². The maximum Gasteiger partial charge on any atom is 0.306 e. The van der Waals surface area contributed by atoms with Crippen molar-refractivity contribution < 1.29 is 19.1 Å². The van der Waals surface area contributed by atoms with Crippen LogP contribution < -0.4 is 0 Å². The predicted octanol–water partition coefficient (Wildman–Crippen LogP) is 1.92. The molecule has 15 heavy (non-hydrogen) atoms. The van der Waals surface area contributed by atoms with Crippen molar-refractivity contribution in [3.8, 4) is 0 Å². The Morgan fingerprint density at radius 3 is 1.87 bits per heavy atom. The number of esters is 2. The fourth-order valence-electron chi connectivity index (χ4n) is 0.897. The highest BCUT2D eigenvalue weighted by Gasteiger charge is 2.16. The summed E-state index contributed by atoms with van der Waals surface area (Å²) in [6, 6.07) is 0. The van der Waals surface area contributed by atoms with E-state index in [1.54, 1.807) is 6.92 Å². The van der Waals surface area contributed by atoms with Crippen molar-refractivity contribution in [1.82, 2.24) is 0 Å². The third-order valence-corrected chi connectivity index (χ3v) is 1.57. The third kappa shape index (κ3) is 9.25. The number of hydrogen-bond donors (Lipinski definition) is 0. The molecule has 0 fully saturated rings. The maximum atomic E-state index is 11.2. The fraction of sp³-hybridized carbons (Fsp3) is 0.818. The molecule has 0 N–H and O–H groups in total. The van der Waals surface area contributed by atoms with Crippen molar-refractivity contribution in [3.05, 3.63) is 0 Å². The first kappa shape index (κ1) is 13.9. The summed E-state index contributed by atoms with van der Waals surface area (Å²) < 4.78 is 9.65. The van der Waals surface area contributed by atoms with Crippen LogP contribution >= 0.6 is 0 Å². The largest absolute Gasteiger partial charge is 0.462 e. The summed E-state index contributed by atoms with van der Waals surface area (Å²) in [6.07, 6.45) is 0.713. The molecule has 0 atom stereocenters. The van der Waals surface area contributed by atoms with Crippen LogP contribution in [-0.2, 0) is 19.1 Å². The van der Waals surface area contributed by atoms with Crippen LogP contribution in [-0.4, -0.2) is 25.2 Å². The number of rotatable bonds is 5. The van der Waals surface area contributed by atoms with E-state index in [4.69, 9.17) is 9.47 Å². The second-order valence-electron chi connectivity index (χ2n) is 4.53. The molecule has 88 valence electrons. The zero-order valence-electron chi connectivity index (χ0n) is 9.96. The summed E-state index contributed by atoms with van der Waals surface area (Å²) in [4.78, 5) is 21.9. The smallest absolute Gasteiger partial charge is 0.306 e. The lowest BCUT2D eigenvalue weighted by Crippen LogP contribution is -2.18. The SMILES string of the molecule is CCC(=O)OCCOC(=O)CC(C)(C)C. The van der Waals surface area contributed by atoms with Gasteiger partial charge in [0.05, 0.1) is 6.42 Å². The van der Waals surface area contributed by atoms with Gasteiger partial charge in [-0.05, 0) is 5.41 Å². The molecule has 0 heterocycles. The monoisotopic (exact) mass is 216 g/mol. The van der Waals surface area contributed by atoms with Gasteiger partial charge in [0, 0.05) is 6.42 Å². The van der Waals surface area contributed by atoms with Crippen LogP contribution in [0.1, 0.15) is 40.5 Å². The van der Waals surface area contributed by atoms with Crippen LogP contribution in [0.5, 0.6) is 0 Å². The molecule has 0 bridgehead atoms. The topological polar surface area (TPSA) is 52.6 Å². The van der Waals surface area contributed by atoms with Gasteiger partial charge >= 0.3 is 11.9 Å². The summed E-state index contributed by atoms with van der Waals surface area (Å²) in [6.45, 7) is 7.89. The first-order valence-corrected chi connectivity index (χ1v) is 5.16. The molecule has 0 radical (unpaired) electrons. The van der Waals surface area contributed by atoms with Gasteiger partial charge in [-0.3, -0.25) is 9.59 Å². The van der Waals surface area contributed by atoms with E-state index in [-0.39, 0.29) is 30.6 Å². The molecule has 0 aromatic heterocycles. The van der Waals surface area contributed by atoms with E-state index < -0.39 is 0 Å². The van der Waals surface area contributed by atoms with Crippen molar-refractivity contribution in [1.29, 1.82) is 0 Å². The Balaban J connectivity index is 3.52. The van der Waals surface area contributed by atoms with E-state index >= 15 is 0 Å². The number of carbonyl (C=O) groups excluding carboxylic acids is 2. The van der Waals surface area contributed by atoms with E-state index in [1.165, 1.54) is 0 Å². The van der Waals surface area contributed by atoms with E-state index in [1.807, 2.05) is 20.8 Å². The molecule has 0 unspecified atom stereocenters. The van der Waals surface area contributed by atoms with Gasteiger partial charge in [0.25, 0.3) is 0 Å². The number of carbonyl (C=O) groups is 2. The average molecular weight is 216 g/mol. The van der Waals surface area contributed by atoms with E-state index in [9.17, 15) is 9.59 Å². The Hall–Kier alpha value is -1.06. The van der Waals surface area contributed by atoms with E-state index in [2.05, 4.69) is 0 Å². The van der Waals surface area contributed by atoms with Gasteiger partial charge < -0.3 is 9.47 Å². The second-order valence-corrected chi connectivity index (χ2v) is 4.53. The minimum absolute atomic E-state index is 0.0722. The molecule has 4 nitrogen and oxygen atoms in total. The molecule has 0 aliphatic rings. The molecule has 0 aromatic carbocycles. The van der Waals surface area contributed by atoms with E-state index in [0.29, 0.717) is 12.8 Å². The normalized spacial score (nSPS) is 10.9. The Morgan fingerprint density at radius 2 is 1.47 bits per heavy atom. The van der Waals surface area contributed by atoms with Crippen molar-refractivity contribution in [2.24, 2.45) is 5.41 Å². The predicted molar refractivity (Wildman–Crippen MR) is 56.3 cm³/mol. The van der Waals surface area contributed by atoms with Gasteiger partial charge in [-0.25, -0.2) is 0 Å². The molecule has 0 aliphatic heterocycles. The lowest BCUT2D eigenvalue weighted by molar-refractivity contribution is -0.153. The van der Waals surface area contributed by atoms with Crippen molar-refractivity contribution in [3.63, 3.8) is 0 Å². The highest BCUT2D eigenvalue weighted by atomic mass is 16.6. The Morgan fingerprint density at radius 1 is 1.00 bits per heavy atom. The summed E-state index contributed by atoms with van der Waals surface area (Å²) in [5, 5.41) is 0. The highest BCUT2D eigenvalue weighted by Crippen LogP contribution is 2.18. The molecular formula is C11H20O4. The van der Waals surface area contributed by atoms with Crippen LogP contribution in [0.2, 0.25) is 0 Å². The molecular weight excluding hydrogens is 196 g/mol. The maximum absolute atomic E-state index is 11.2. The second kappa shape index (κ2) is 6.43. The van der Waals surface area contributed by atoms with Gasteiger partial charge in [0.1, 0.15) is 13.2 Å². The standard InChI is InChI=1S/C11H20O4/c1-5-9(12)14-6-7-15-10(13)8-11(2,3)4/h5-8H2,1-4H3. The van der Waals surface area contributed by atoms with Gasteiger partial charge in [-0.15, -0.1) is 0 Å². The van der Waals surface area contributed by atoms with Gasteiger partial charge in [0.15, 0.2) is 0 Å². The first-order chi connectivity index (χ1) is 6.85. The summed E-state index contributed by atoms with van der Waals surface area (Å²) >= 11 is 0. The lowest BCUT2D eigenvalue weighted by atomic mass is 9.93. The van der Waals surface area contributed by atoms with Gasteiger partial charge in [-0.1, -0.05) is 27.7 Å². The fourth-order valence-corrected chi connectivity index (χ4v) is 0.897. The highest BCUT2D eigenvalue weighted by molar-refractivity contribution is 5.70.